The number of hydrogen-bond donors (Lipinski definition) is 2. The Labute approximate surface area is 162 Å². The van der Waals surface area contributed by atoms with Gasteiger partial charge < -0.3 is 10.1 Å². The largest absolute Gasteiger partial charge is 0.461 e. The van der Waals surface area contributed by atoms with Gasteiger partial charge in [-0.3, -0.25) is 9.59 Å². The molecule has 0 unspecified atom stereocenters. The van der Waals surface area contributed by atoms with Gasteiger partial charge in [-0.25, -0.2) is 13.1 Å². The summed E-state index contributed by atoms with van der Waals surface area (Å²) in [5.41, 5.74) is 1.24. The minimum atomic E-state index is -3.76. The van der Waals surface area contributed by atoms with E-state index in [-0.39, 0.29) is 30.4 Å². The van der Waals surface area contributed by atoms with Crippen LogP contribution in [0, 0.1) is 0 Å². The molecule has 0 saturated heterocycles. The average molecular weight is 411 g/mol. The maximum Gasteiger partial charge on any atom is 0.307 e. The average Bonchev–Trinajstić information content (AvgIpc) is 2.60. The Morgan fingerprint density at radius 2 is 1.81 bits per heavy atom. The van der Waals surface area contributed by atoms with Gasteiger partial charge in [0.05, 0.1) is 11.3 Å². The second kappa shape index (κ2) is 9.50. The van der Waals surface area contributed by atoms with Crippen molar-refractivity contribution in [2.24, 2.45) is 0 Å². The predicted octanol–water partition coefficient (Wildman–Crippen LogP) is 2.71. The van der Waals surface area contributed by atoms with Crippen molar-refractivity contribution in [3.8, 4) is 0 Å². The Morgan fingerprint density at radius 3 is 2.44 bits per heavy atom. The summed E-state index contributed by atoms with van der Waals surface area (Å²) >= 11 is 5.85. The van der Waals surface area contributed by atoms with Crippen LogP contribution >= 0.6 is 11.6 Å². The minimum absolute atomic E-state index is 0.0314. The van der Waals surface area contributed by atoms with E-state index >= 15 is 0 Å². The topological polar surface area (TPSA) is 102 Å². The lowest BCUT2D eigenvalue weighted by molar-refractivity contribution is -0.144. The molecule has 0 spiro atoms. The molecule has 0 aliphatic carbocycles. The first-order chi connectivity index (χ1) is 12.8. The zero-order chi connectivity index (χ0) is 19.9. The third kappa shape index (κ3) is 7.01. The van der Waals surface area contributed by atoms with Crippen LogP contribution in [0.2, 0.25) is 5.02 Å². The van der Waals surface area contributed by atoms with E-state index in [0.29, 0.717) is 10.7 Å². The van der Waals surface area contributed by atoms with Crippen molar-refractivity contribution < 1.29 is 22.7 Å². The highest BCUT2D eigenvalue weighted by Gasteiger charge is 2.14. The number of halogens is 1. The van der Waals surface area contributed by atoms with Gasteiger partial charge in [0, 0.05) is 24.2 Å². The molecular formula is C18H19ClN2O5S. The van der Waals surface area contributed by atoms with Crippen molar-refractivity contribution in [3.63, 3.8) is 0 Å². The number of anilines is 1. The van der Waals surface area contributed by atoms with Gasteiger partial charge in [0.2, 0.25) is 15.9 Å². The third-order valence-electron chi connectivity index (χ3n) is 3.40. The van der Waals surface area contributed by atoms with Gasteiger partial charge >= 0.3 is 5.97 Å². The van der Waals surface area contributed by atoms with E-state index in [9.17, 15) is 18.0 Å². The molecule has 0 aliphatic rings. The fourth-order valence-electron chi connectivity index (χ4n) is 2.15. The zero-order valence-corrected chi connectivity index (χ0v) is 16.1. The number of sulfonamides is 1. The number of hydrogen-bond acceptors (Lipinski definition) is 5. The van der Waals surface area contributed by atoms with Crippen LogP contribution in [0.4, 0.5) is 5.69 Å². The number of nitrogens with one attached hydrogen (secondary N) is 2. The summed E-state index contributed by atoms with van der Waals surface area (Å²) in [6.07, 6.45) is -0.107. The lowest BCUT2D eigenvalue weighted by Gasteiger charge is -2.08. The molecule has 144 valence electrons. The maximum absolute atomic E-state index is 12.2. The second-order valence-corrected chi connectivity index (χ2v) is 7.85. The summed E-state index contributed by atoms with van der Waals surface area (Å²) < 4.78 is 31.8. The number of benzene rings is 2. The number of carbonyl (C=O) groups is 2. The van der Waals surface area contributed by atoms with E-state index in [1.165, 1.54) is 31.2 Å². The van der Waals surface area contributed by atoms with Gasteiger partial charge in [-0.15, -0.1) is 0 Å². The molecule has 1 amide bonds. The van der Waals surface area contributed by atoms with E-state index in [1.807, 2.05) is 0 Å². The number of amides is 1. The number of ether oxygens (including phenoxy) is 1. The van der Waals surface area contributed by atoms with Gasteiger partial charge in [-0.2, -0.15) is 0 Å². The summed E-state index contributed by atoms with van der Waals surface area (Å²) in [6.45, 7) is 1.33. The first-order valence-electron chi connectivity index (χ1n) is 8.04. The summed E-state index contributed by atoms with van der Waals surface area (Å²) in [4.78, 5) is 22.7. The zero-order valence-electron chi connectivity index (χ0n) is 14.6. The fraction of sp³-hybridized carbons (Fsp3) is 0.222. The maximum atomic E-state index is 12.2. The third-order valence-corrected chi connectivity index (χ3v) is 5.11. The predicted molar refractivity (Wildman–Crippen MR) is 102 cm³/mol. The molecular weight excluding hydrogens is 392 g/mol. The molecule has 0 heterocycles. The van der Waals surface area contributed by atoms with Crippen LogP contribution in [0.3, 0.4) is 0 Å². The Hall–Kier alpha value is -2.42. The molecule has 9 heteroatoms. The van der Waals surface area contributed by atoms with Crippen LogP contribution in [0.25, 0.3) is 0 Å². The summed E-state index contributed by atoms with van der Waals surface area (Å²) in [7, 11) is -3.76. The Kier molecular flexibility index (Phi) is 7.35. The molecule has 0 atom stereocenters. The van der Waals surface area contributed by atoms with Gasteiger partial charge in [0.15, 0.2) is 0 Å². The molecule has 0 saturated carbocycles. The van der Waals surface area contributed by atoms with Crippen LogP contribution in [0.15, 0.2) is 53.4 Å². The van der Waals surface area contributed by atoms with Crippen molar-refractivity contribution in [3.05, 3.63) is 59.1 Å². The smallest absolute Gasteiger partial charge is 0.307 e. The Balaban J connectivity index is 1.80. The molecule has 2 aromatic carbocycles. The molecule has 0 aliphatic heterocycles. The second-order valence-electron chi connectivity index (χ2n) is 5.64. The standard InChI is InChI=1S/C18H19ClN2O5S/c1-13(22)21-16-5-7-17(8-6-16)27(24,25)20-10-9-18(23)26-12-14-3-2-4-15(19)11-14/h2-8,11,20H,9-10,12H2,1H3,(H,21,22). The number of esters is 1. The summed E-state index contributed by atoms with van der Waals surface area (Å²) in [5.74, 6) is -0.779. The molecule has 27 heavy (non-hydrogen) atoms. The van der Waals surface area contributed by atoms with E-state index in [0.717, 1.165) is 5.56 Å². The highest BCUT2D eigenvalue weighted by molar-refractivity contribution is 7.89. The van der Waals surface area contributed by atoms with E-state index in [1.54, 1.807) is 24.3 Å². The molecule has 7 nitrogen and oxygen atoms in total. The van der Waals surface area contributed by atoms with Crippen molar-refractivity contribution in [2.75, 3.05) is 11.9 Å². The first kappa shape index (κ1) is 20.9. The molecule has 2 rings (SSSR count). The van der Waals surface area contributed by atoms with Crippen LogP contribution in [-0.4, -0.2) is 26.8 Å². The number of carbonyl (C=O) groups excluding carboxylic acids is 2. The van der Waals surface area contributed by atoms with Crippen molar-refractivity contribution in [2.45, 2.75) is 24.8 Å². The fourth-order valence-corrected chi connectivity index (χ4v) is 3.40. The van der Waals surface area contributed by atoms with Crippen molar-refractivity contribution >= 4 is 39.2 Å². The molecule has 2 N–H and O–H groups in total. The molecule has 0 radical (unpaired) electrons. The monoisotopic (exact) mass is 410 g/mol. The molecule has 0 bridgehead atoms. The van der Waals surface area contributed by atoms with E-state index in [2.05, 4.69) is 10.0 Å². The van der Waals surface area contributed by atoms with Crippen LogP contribution < -0.4 is 10.0 Å². The quantitative estimate of drug-likeness (QED) is 0.651. The molecule has 0 aromatic heterocycles. The molecule has 0 fully saturated rings. The van der Waals surface area contributed by atoms with Crippen molar-refractivity contribution in [1.29, 1.82) is 0 Å². The van der Waals surface area contributed by atoms with E-state index in [4.69, 9.17) is 16.3 Å². The highest BCUT2D eigenvalue weighted by atomic mass is 35.5. The Bertz CT molecular complexity index is 914. The first-order valence-corrected chi connectivity index (χ1v) is 9.90. The summed E-state index contributed by atoms with van der Waals surface area (Å²) in [6, 6.07) is 12.6. The molecule has 2 aromatic rings. The van der Waals surface area contributed by atoms with Crippen LogP contribution in [0.5, 0.6) is 0 Å². The van der Waals surface area contributed by atoms with Gasteiger partial charge in [0.1, 0.15) is 6.61 Å². The normalized spacial score (nSPS) is 11.0. The van der Waals surface area contributed by atoms with Gasteiger partial charge in [-0.1, -0.05) is 23.7 Å². The van der Waals surface area contributed by atoms with Gasteiger partial charge in [-0.05, 0) is 42.0 Å². The van der Waals surface area contributed by atoms with E-state index < -0.39 is 16.0 Å². The van der Waals surface area contributed by atoms with Gasteiger partial charge in [0.25, 0.3) is 0 Å². The van der Waals surface area contributed by atoms with Crippen LogP contribution in [-0.2, 0) is 31.0 Å². The Morgan fingerprint density at radius 1 is 1.11 bits per heavy atom. The minimum Gasteiger partial charge on any atom is -0.461 e. The summed E-state index contributed by atoms with van der Waals surface area (Å²) in [5, 5.41) is 3.09. The number of rotatable bonds is 8. The van der Waals surface area contributed by atoms with Crippen molar-refractivity contribution in [1.82, 2.24) is 4.72 Å². The van der Waals surface area contributed by atoms with Crippen LogP contribution in [0.1, 0.15) is 18.9 Å². The lowest BCUT2D eigenvalue weighted by atomic mass is 10.2. The lowest BCUT2D eigenvalue weighted by Crippen LogP contribution is -2.26. The SMILES string of the molecule is CC(=O)Nc1ccc(S(=O)(=O)NCCC(=O)OCc2cccc(Cl)c2)cc1. The highest BCUT2D eigenvalue weighted by Crippen LogP contribution is 2.14.